The summed E-state index contributed by atoms with van der Waals surface area (Å²) in [4.78, 5) is 27.0. The lowest BCUT2D eigenvalue weighted by molar-refractivity contribution is -0.143. The number of anilines is 1. The molecule has 0 aliphatic heterocycles. The molecule has 0 bridgehead atoms. The van der Waals surface area contributed by atoms with Crippen LogP contribution in [0.15, 0.2) is 24.7 Å². The SMILES string of the molecule is CC(C)n1nccc1C(=O)N[C@H](C(=O)Nc1cn(C(CC(F)F)c2cnnn2CC(F)(F)F)nc1F)C(C1CC1)C1CC1. The van der Waals surface area contributed by atoms with Gasteiger partial charge in [-0.1, -0.05) is 5.21 Å². The maximum atomic E-state index is 15.1. The monoisotopic (exact) mass is 615 g/mol. The molecule has 43 heavy (non-hydrogen) atoms. The topological polar surface area (TPSA) is 125 Å². The Balaban J connectivity index is 1.41. The van der Waals surface area contributed by atoms with Crippen molar-refractivity contribution >= 4 is 17.5 Å². The minimum atomic E-state index is -4.72. The molecule has 2 saturated carbocycles. The lowest BCUT2D eigenvalue weighted by Crippen LogP contribution is -2.50. The Hall–Kier alpha value is -3.92. The van der Waals surface area contributed by atoms with Crippen LogP contribution in [0.2, 0.25) is 0 Å². The van der Waals surface area contributed by atoms with Gasteiger partial charge in [0, 0.05) is 18.7 Å². The predicted molar refractivity (Wildman–Crippen MR) is 138 cm³/mol. The van der Waals surface area contributed by atoms with Crippen LogP contribution in [0.25, 0.3) is 0 Å². The van der Waals surface area contributed by atoms with Crippen molar-refractivity contribution in [3.05, 3.63) is 42.0 Å². The summed E-state index contributed by atoms with van der Waals surface area (Å²) in [7, 11) is 0. The third-order valence-electron chi connectivity index (χ3n) is 7.66. The second-order valence-corrected chi connectivity index (χ2v) is 11.3. The minimum Gasteiger partial charge on any atom is -0.339 e. The summed E-state index contributed by atoms with van der Waals surface area (Å²) in [5.41, 5.74) is -0.598. The maximum Gasteiger partial charge on any atom is 0.408 e. The van der Waals surface area contributed by atoms with Gasteiger partial charge in [-0.2, -0.15) is 22.7 Å². The van der Waals surface area contributed by atoms with E-state index in [9.17, 15) is 31.5 Å². The summed E-state index contributed by atoms with van der Waals surface area (Å²) < 4.78 is 83.8. The third-order valence-corrected chi connectivity index (χ3v) is 7.66. The van der Waals surface area contributed by atoms with Crippen LogP contribution >= 0.6 is 0 Å². The van der Waals surface area contributed by atoms with Crippen LogP contribution in [-0.2, 0) is 11.3 Å². The Bertz CT molecular complexity index is 1430. The molecule has 2 aliphatic carbocycles. The Kier molecular flexibility index (Phi) is 8.51. The zero-order chi connectivity index (χ0) is 31.1. The molecule has 2 N–H and O–H groups in total. The molecule has 0 radical (unpaired) electrons. The highest BCUT2D eigenvalue weighted by molar-refractivity contribution is 6.00. The molecule has 5 rings (SSSR count). The summed E-state index contributed by atoms with van der Waals surface area (Å²) in [5, 5.41) is 19.8. The van der Waals surface area contributed by atoms with Crippen LogP contribution < -0.4 is 10.6 Å². The molecular weight excluding hydrogens is 584 g/mol. The number of halogens is 6. The smallest absolute Gasteiger partial charge is 0.339 e. The Labute approximate surface area is 242 Å². The van der Waals surface area contributed by atoms with Crippen molar-refractivity contribution < 1.29 is 35.9 Å². The van der Waals surface area contributed by atoms with E-state index in [4.69, 9.17) is 0 Å². The van der Waals surface area contributed by atoms with E-state index in [2.05, 4.69) is 31.1 Å². The molecule has 234 valence electrons. The van der Waals surface area contributed by atoms with Crippen molar-refractivity contribution in [2.75, 3.05) is 5.32 Å². The first kappa shape index (κ1) is 30.5. The molecule has 2 amide bonds. The van der Waals surface area contributed by atoms with Crippen molar-refractivity contribution in [1.29, 1.82) is 0 Å². The molecular formula is C26H31F6N9O2. The Morgan fingerprint density at radius 1 is 1.12 bits per heavy atom. The minimum absolute atomic E-state index is 0.130. The summed E-state index contributed by atoms with van der Waals surface area (Å²) in [6, 6.07) is -1.22. The first-order valence-corrected chi connectivity index (χ1v) is 14.0. The molecule has 2 atom stereocenters. The fourth-order valence-corrected chi connectivity index (χ4v) is 5.52. The van der Waals surface area contributed by atoms with Gasteiger partial charge in [-0.3, -0.25) is 19.0 Å². The van der Waals surface area contributed by atoms with Gasteiger partial charge in [-0.05, 0) is 63.4 Å². The molecule has 0 saturated heterocycles. The third kappa shape index (κ3) is 7.18. The number of alkyl halides is 5. The van der Waals surface area contributed by atoms with Crippen molar-refractivity contribution in [2.45, 2.75) is 83.2 Å². The summed E-state index contributed by atoms with van der Waals surface area (Å²) >= 11 is 0. The summed E-state index contributed by atoms with van der Waals surface area (Å²) in [6.07, 6.45) is -1.94. The van der Waals surface area contributed by atoms with Gasteiger partial charge in [0.15, 0.2) is 0 Å². The van der Waals surface area contributed by atoms with Gasteiger partial charge in [0.1, 0.15) is 30.0 Å². The number of nitrogens with zero attached hydrogens (tertiary/aromatic N) is 7. The molecule has 11 nitrogen and oxygen atoms in total. The highest BCUT2D eigenvalue weighted by Crippen LogP contribution is 2.51. The van der Waals surface area contributed by atoms with Crippen LogP contribution in [-0.4, -0.2) is 65.0 Å². The molecule has 0 aromatic carbocycles. The van der Waals surface area contributed by atoms with Gasteiger partial charge in [0.05, 0.1) is 18.1 Å². The van der Waals surface area contributed by atoms with E-state index in [-0.39, 0.29) is 35.2 Å². The average Bonchev–Trinajstić information content (AvgIpc) is 3.80. The number of aromatic nitrogens is 7. The molecule has 17 heteroatoms. The first-order valence-electron chi connectivity index (χ1n) is 14.0. The van der Waals surface area contributed by atoms with Gasteiger partial charge in [0.2, 0.25) is 12.3 Å². The van der Waals surface area contributed by atoms with Crippen LogP contribution in [0, 0.1) is 23.7 Å². The van der Waals surface area contributed by atoms with E-state index in [0.717, 1.165) is 42.8 Å². The largest absolute Gasteiger partial charge is 0.408 e. The first-order chi connectivity index (χ1) is 20.3. The molecule has 1 unspecified atom stereocenters. The Morgan fingerprint density at radius 2 is 1.79 bits per heavy atom. The van der Waals surface area contributed by atoms with Crippen LogP contribution in [0.4, 0.5) is 32.0 Å². The van der Waals surface area contributed by atoms with Crippen molar-refractivity contribution in [3.8, 4) is 0 Å². The van der Waals surface area contributed by atoms with E-state index in [0.29, 0.717) is 4.68 Å². The van der Waals surface area contributed by atoms with Crippen molar-refractivity contribution in [3.63, 3.8) is 0 Å². The predicted octanol–water partition coefficient (Wildman–Crippen LogP) is 4.37. The van der Waals surface area contributed by atoms with Crippen molar-refractivity contribution in [1.82, 2.24) is 39.9 Å². The van der Waals surface area contributed by atoms with Gasteiger partial charge in [-0.25, -0.2) is 13.5 Å². The maximum absolute atomic E-state index is 15.1. The highest BCUT2D eigenvalue weighted by Gasteiger charge is 2.48. The van der Waals surface area contributed by atoms with Gasteiger partial charge in [-0.15, -0.1) is 10.2 Å². The molecule has 3 heterocycles. The highest BCUT2D eigenvalue weighted by atomic mass is 19.4. The fourth-order valence-electron chi connectivity index (χ4n) is 5.52. The molecule has 2 fully saturated rings. The van der Waals surface area contributed by atoms with Gasteiger partial charge < -0.3 is 10.6 Å². The van der Waals surface area contributed by atoms with E-state index < -0.39 is 61.1 Å². The molecule has 3 aromatic rings. The number of carbonyl (C=O) groups is 2. The second-order valence-electron chi connectivity index (χ2n) is 11.3. The number of rotatable bonds is 13. The lowest BCUT2D eigenvalue weighted by atomic mass is 9.88. The van der Waals surface area contributed by atoms with E-state index in [1.165, 1.54) is 16.9 Å². The van der Waals surface area contributed by atoms with Gasteiger partial charge in [0.25, 0.3) is 11.9 Å². The van der Waals surface area contributed by atoms with Crippen LogP contribution in [0.3, 0.4) is 0 Å². The second kappa shape index (κ2) is 12.0. The van der Waals surface area contributed by atoms with E-state index in [1.807, 2.05) is 13.8 Å². The average molecular weight is 616 g/mol. The summed E-state index contributed by atoms with van der Waals surface area (Å²) in [5.74, 6) is -2.30. The number of nitrogens with one attached hydrogen (secondary N) is 2. The van der Waals surface area contributed by atoms with Crippen molar-refractivity contribution in [2.24, 2.45) is 17.8 Å². The standard InChI is InChI=1S/C26H31F6N9O2/c1-13(2)41-17(7-8-34-41)24(42)36-22(21(14-3-4-14)15-5-6-15)25(43)35-16-11-39(37-23(16)29)18(9-20(27)28)19-10-33-38-40(19)12-26(30,31)32/h7-8,10-11,13-15,18,20-22H,3-6,9,12H2,1-2H3,(H,35,43)(H,36,42)/t18?,22-/m0/s1. The molecule has 3 aromatic heterocycles. The Morgan fingerprint density at radius 3 is 2.37 bits per heavy atom. The lowest BCUT2D eigenvalue weighted by Gasteiger charge is -2.27. The van der Waals surface area contributed by atoms with Crippen LogP contribution in [0.5, 0.6) is 0 Å². The fraction of sp³-hybridized carbons (Fsp3) is 0.615. The van der Waals surface area contributed by atoms with E-state index in [1.54, 1.807) is 0 Å². The zero-order valence-electron chi connectivity index (χ0n) is 23.3. The molecule has 0 spiro atoms. The van der Waals surface area contributed by atoms with Crippen LogP contribution in [0.1, 0.15) is 74.2 Å². The number of carbonyl (C=O) groups excluding carboxylic acids is 2. The zero-order valence-corrected chi connectivity index (χ0v) is 23.3. The number of hydrogen-bond donors (Lipinski definition) is 2. The number of hydrogen-bond acceptors (Lipinski definition) is 6. The quantitative estimate of drug-likeness (QED) is 0.275. The van der Waals surface area contributed by atoms with E-state index >= 15 is 4.39 Å². The number of amides is 2. The van der Waals surface area contributed by atoms with Gasteiger partial charge >= 0.3 is 6.18 Å². The normalized spacial score (nSPS) is 17.1. The summed E-state index contributed by atoms with van der Waals surface area (Å²) in [6.45, 7) is 2.09. The molecule has 2 aliphatic rings.